The lowest BCUT2D eigenvalue weighted by atomic mass is 10.0. The molecule has 2 aliphatic rings. The zero-order chi connectivity index (χ0) is 12.4. The third-order valence-electron chi connectivity index (χ3n) is 4.03. The number of rotatable bonds is 4. The van der Waals surface area contributed by atoms with Crippen molar-refractivity contribution < 1.29 is 9.90 Å². The number of carbonyl (C=O) groups excluding carboxylic acids is 1. The molecule has 98 valence electrons. The molecule has 4 nitrogen and oxygen atoms in total. The molecule has 2 rings (SSSR count). The smallest absolute Gasteiger partial charge is 0.240 e. The largest absolute Gasteiger partial charge is 0.396 e. The van der Waals surface area contributed by atoms with Gasteiger partial charge < -0.3 is 15.3 Å². The van der Waals surface area contributed by atoms with Crippen LogP contribution in [0.3, 0.4) is 0 Å². The van der Waals surface area contributed by atoms with Crippen molar-refractivity contribution in [2.24, 2.45) is 5.92 Å². The maximum absolute atomic E-state index is 12.3. The van der Waals surface area contributed by atoms with Crippen molar-refractivity contribution in [1.82, 2.24) is 10.2 Å². The lowest BCUT2D eigenvalue weighted by molar-refractivity contribution is -0.132. The molecule has 0 aromatic carbocycles. The van der Waals surface area contributed by atoms with Gasteiger partial charge in [0.15, 0.2) is 0 Å². The summed E-state index contributed by atoms with van der Waals surface area (Å²) in [6, 6.07) is 0.627. The number of aliphatic hydroxyl groups is 1. The number of aliphatic hydroxyl groups excluding tert-OH is 1. The van der Waals surface area contributed by atoms with Gasteiger partial charge in [0.1, 0.15) is 0 Å². The van der Waals surface area contributed by atoms with Crippen LogP contribution in [0.2, 0.25) is 0 Å². The Morgan fingerprint density at radius 2 is 2.18 bits per heavy atom. The van der Waals surface area contributed by atoms with Crippen LogP contribution in [0.25, 0.3) is 0 Å². The summed E-state index contributed by atoms with van der Waals surface area (Å²) >= 11 is 0. The molecule has 1 aliphatic carbocycles. The number of carbonyl (C=O) groups is 1. The Hall–Kier alpha value is -0.610. The predicted octanol–water partition coefficient (Wildman–Crippen LogP) is 0.746. The van der Waals surface area contributed by atoms with Crippen LogP contribution in [0.4, 0.5) is 0 Å². The van der Waals surface area contributed by atoms with Gasteiger partial charge in [-0.15, -0.1) is 0 Å². The first kappa shape index (κ1) is 12.8. The predicted molar refractivity (Wildman–Crippen MR) is 66.6 cm³/mol. The van der Waals surface area contributed by atoms with Crippen molar-refractivity contribution in [2.75, 3.05) is 13.2 Å². The lowest BCUT2D eigenvalue weighted by Gasteiger charge is -2.29. The van der Waals surface area contributed by atoms with Gasteiger partial charge in [0.25, 0.3) is 0 Å². The van der Waals surface area contributed by atoms with Crippen molar-refractivity contribution in [3.63, 3.8) is 0 Å². The number of nitrogens with one attached hydrogen (secondary N) is 1. The van der Waals surface area contributed by atoms with E-state index in [-0.39, 0.29) is 24.6 Å². The second kappa shape index (κ2) is 5.36. The van der Waals surface area contributed by atoms with Crippen molar-refractivity contribution in [3.8, 4) is 0 Å². The maximum Gasteiger partial charge on any atom is 0.240 e. The summed E-state index contributed by atoms with van der Waals surface area (Å²) in [5.74, 6) is 0.542. The van der Waals surface area contributed by atoms with Gasteiger partial charge in [-0.05, 0) is 19.3 Å². The fourth-order valence-electron chi connectivity index (χ4n) is 3.23. The van der Waals surface area contributed by atoms with Crippen molar-refractivity contribution in [3.05, 3.63) is 0 Å². The molecule has 0 radical (unpaired) electrons. The summed E-state index contributed by atoms with van der Waals surface area (Å²) < 4.78 is 0. The van der Waals surface area contributed by atoms with Gasteiger partial charge in [0.05, 0.1) is 6.04 Å². The number of hydrogen-bond donors (Lipinski definition) is 2. The Morgan fingerprint density at radius 1 is 1.41 bits per heavy atom. The van der Waals surface area contributed by atoms with Crippen molar-refractivity contribution in [1.29, 1.82) is 0 Å². The lowest BCUT2D eigenvalue weighted by Crippen LogP contribution is -2.46. The minimum absolute atomic E-state index is 0.00468. The Labute approximate surface area is 103 Å². The third kappa shape index (κ3) is 2.63. The SMILES string of the molecule is CC(C)NC1CCN(C2CCCC2CO)C1=O. The van der Waals surface area contributed by atoms with Crippen LogP contribution < -0.4 is 5.32 Å². The van der Waals surface area contributed by atoms with Gasteiger partial charge in [-0.25, -0.2) is 0 Å². The third-order valence-corrected chi connectivity index (χ3v) is 4.03. The molecule has 1 heterocycles. The summed E-state index contributed by atoms with van der Waals surface area (Å²) in [5, 5.41) is 12.7. The standard InChI is InChI=1S/C13H24N2O2/c1-9(2)14-11-6-7-15(13(11)17)12-5-3-4-10(12)8-16/h9-12,14,16H,3-8H2,1-2H3. The van der Waals surface area contributed by atoms with Gasteiger partial charge in [0, 0.05) is 31.2 Å². The summed E-state index contributed by atoms with van der Waals surface area (Å²) in [5.41, 5.74) is 0. The minimum Gasteiger partial charge on any atom is -0.396 e. The average molecular weight is 240 g/mol. The molecule has 0 bridgehead atoms. The van der Waals surface area contributed by atoms with E-state index in [1.807, 2.05) is 4.90 Å². The van der Waals surface area contributed by atoms with Crippen LogP contribution in [-0.2, 0) is 4.79 Å². The monoisotopic (exact) mass is 240 g/mol. The highest BCUT2D eigenvalue weighted by Crippen LogP contribution is 2.32. The summed E-state index contributed by atoms with van der Waals surface area (Å²) in [6.07, 6.45) is 4.17. The van der Waals surface area contributed by atoms with Gasteiger partial charge in [-0.2, -0.15) is 0 Å². The molecular weight excluding hydrogens is 216 g/mol. The van der Waals surface area contributed by atoms with E-state index in [4.69, 9.17) is 0 Å². The summed E-state index contributed by atoms with van der Waals surface area (Å²) in [4.78, 5) is 14.3. The average Bonchev–Trinajstić information content (AvgIpc) is 2.86. The Bertz CT molecular complexity index is 281. The molecule has 0 spiro atoms. The molecule has 2 N–H and O–H groups in total. The van der Waals surface area contributed by atoms with E-state index in [2.05, 4.69) is 19.2 Å². The van der Waals surface area contributed by atoms with E-state index in [0.29, 0.717) is 12.0 Å². The summed E-state index contributed by atoms with van der Waals surface area (Å²) in [7, 11) is 0. The Balaban J connectivity index is 1.97. The zero-order valence-electron chi connectivity index (χ0n) is 10.9. The molecule has 1 amide bonds. The van der Waals surface area contributed by atoms with E-state index >= 15 is 0 Å². The van der Waals surface area contributed by atoms with E-state index in [1.165, 1.54) is 0 Å². The van der Waals surface area contributed by atoms with Crippen LogP contribution >= 0.6 is 0 Å². The topological polar surface area (TPSA) is 52.6 Å². The molecule has 3 atom stereocenters. The van der Waals surface area contributed by atoms with Gasteiger partial charge in [0.2, 0.25) is 5.91 Å². The van der Waals surface area contributed by atoms with Crippen LogP contribution in [0, 0.1) is 5.92 Å². The summed E-state index contributed by atoms with van der Waals surface area (Å²) in [6.45, 7) is 5.21. The molecule has 1 aliphatic heterocycles. The maximum atomic E-state index is 12.3. The van der Waals surface area contributed by atoms with E-state index in [9.17, 15) is 9.90 Å². The first-order chi connectivity index (χ1) is 8.13. The van der Waals surface area contributed by atoms with Crippen LogP contribution in [0.15, 0.2) is 0 Å². The van der Waals surface area contributed by atoms with Crippen molar-refractivity contribution >= 4 is 5.91 Å². The molecule has 1 saturated heterocycles. The highest BCUT2D eigenvalue weighted by molar-refractivity contribution is 5.84. The second-order valence-electron chi connectivity index (χ2n) is 5.64. The number of hydrogen-bond acceptors (Lipinski definition) is 3. The molecule has 0 aromatic rings. The van der Waals surface area contributed by atoms with Crippen LogP contribution in [0.5, 0.6) is 0 Å². The molecule has 2 fully saturated rings. The number of amides is 1. The highest BCUT2D eigenvalue weighted by Gasteiger charge is 2.40. The Kier molecular flexibility index (Phi) is 4.05. The first-order valence-corrected chi connectivity index (χ1v) is 6.81. The molecule has 0 aromatic heterocycles. The number of nitrogens with zero attached hydrogens (tertiary/aromatic N) is 1. The quantitative estimate of drug-likeness (QED) is 0.762. The van der Waals surface area contributed by atoms with Gasteiger partial charge in [-0.3, -0.25) is 4.79 Å². The normalized spacial score (nSPS) is 34.0. The Morgan fingerprint density at radius 3 is 2.82 bits per heavy atom. The fourth-order valence-corrected chi connectivity index (χ4v) is 3.23. The van der Waals surface area contributed by atoms with Crippen LogP contribution in [-0.4, -0.2) is 47.2 Å². The molecular formula is C13H24N2O2. The zero-order valence-corrected chi connectivity index (χ0v) is 10.9. The van der Waals surface area contributed by atoms with Gasteiger partial charge >= 0.3 is 0 Å². The second-order valence-corrected chi connectivity index (χ2v) is 5.64. The van der Waals surface area contributed by atoms with E-state index in [0.717, 1.165) is 32.2 Å². The van der Waals surface area contributed by atoms with Crippen molar-refractivity contribution in [2.45, 2.75) is 57.7 Å². The molecule has 4 heteroatoms. The van der Waals surface area contributed by atoms with Gasteiger partial charge in [-0.1, -0.05) is 20.3 Å². The van der Waals surface area contributed by atoms with E-state index < -0.39 is 0 Å². The molecule has 17 heavy (non-hydrogen) atoms. The van der Waals surface area contributed by atoms with Crippen LogP contribution in [0.1, 0.15) is 39.5 Å². The van der Waals surface area contributed by atoms with E-state index in [1.54, 1.807) is 0 Å². The minimum atomic E-state index is -0.00468. The first-order valence-electron chi connectivity index (χ1n) is 6.81. The number of likely N-dealkylation sites (tertiary alicyclic amines) is 1. The fraction of sp³-hybridized carbons (Fsp3) is 0.923. The highest BCUT2D eigenvalue weighted by atomic mass is 16.3. The molecule has 1 saturated carbocycles. The molecule has 3 unspecified atom stereocenters.